The Labute approximate surface area is 236 Å². The smallest absolute Gasteiger partial charge is 0.242 e. The number of piperidine rings is 1. The van der Waals surface area contributed by atoms with Crippen molar-refractivity contribution < 1.29 is 12.9 Å². The molecule has 40 heavy (non-hydrogen) atoms. The predicted molar refractivity (Wildman–Crippen MR) is 154 cm³/mol. The van der Waals surface area contributed by atoms with Crippen molar-refractivity contribution in [2.75, 3.05) is 33.2 Å². The maximum Gasteiger partial charge on any atom is 0.242 e. The van der Waals surface area contributed by atoms with E-state index in [4.69, 9.17) is 9.51 Å². The summed E-state index contributed by atoms with van der Waals surface area (Å²) in [6.45, 7) is 3.38. The van der Waals surface area contributed by atoms with Crippen LogP contribution < -0.4 is 0 Å². The lowest BCUT2D eigenvalue weighted by Gasteiger charge is -2.32. The van der Waals surface area contributed by atoms with E-state index in [1.54, 1.807) is 35.6 Å². The van der Waals surface area contributed by atoms with E-state index in [1.165, 1.54) is 11.1 Å². The van der Waals surface area contributed by atoms with Gasteiger partial charge in [-0.2, -0.15) is 4.98 Å². The number of nitrogens with zero attached hydrogens (tertiary/aromatic N) is 4. The number of aromatic nitrogens is 2. The number of rotatable bonds is 10. The van der Waals surface area contributed by atoms with Crippen LogP contribution in [0, 0.1) is 5.92 Å². The second-order valence-corrected chi connectivity index (χ2v) is 13.3. The molecule has 0 unspecified atom stereocenters. The highest BCUT2D eigenvalue weighted by atomic mass is 32.2. The molecule has 2 aliphatic rings. The quantitative estimate of drug-likeness (QED) is 0.270. The molecule has 0 radical (unpaired) electrons. The summed E-state index contributed by atoms with van der Waals surface area (Å²) in [5, 5.41) is 4.23. The van der Waals surface area contributed by atoms with E-state index < -0.39 is 10.0 Å². The average Bonchev–Trinajstić information content (AvgIpc) is 3.47. The van der Waals surface area contributed by atoms with Gasteiger partial charge in [0.05, 0.1) is 4.90 Å². The van der Waals surface area contributed by atoms with Crippen LogP contribution in [0.3, 0.4) is 0 Å². The first-order valence-electron chi connectivity index (χ1n) is 14.1. The summed E-state index contributed by atoms with van der Waals surface area (Å²) in [4.78, 5) is 7.58. The Kier molecular flexibility index (Phi) is 7.57. The number of hydrogen-bond donors (Lipinski definition) is 0. The first-order valence-corrected chi connectivity index (χ1v) is 15.5. The molecule has 0 bridgehead atoms. The van der Waals surface area contributed by atoms with Gasteiger partial charge in [-0.3, -0.25) is 0 Å². The van der Waals surface area contributed by atoms with Crippen LogP contribution in [0.1, 0.15) is 48.0 Å². The Balaban J connectivity index is 1.09. The van der Waals surface area contributed by atoms with Gasteiger partial charge in [0.2, 0.25) is 15.9 Å². The highest BCUT2D eigenvalue weighted by molar-refractivity contribution is 7.89. The summed E-state index contributed by atoms with van der Waals surface area (Å²) < 4.78 is 33.9. The molecule has 3 aromatic carbocycles. The minimum Gasteiger partial charge on any atom is -0.339 e. The second kappa shape index (κ2) is 11.3. The van der Waals surface area contributed by atoms with Crippen molar-refractivity contribution in [2.24, 2.45) is 5.92 Å². The van der Waals surface area contributed by atoms with E-state index in [-0.39, 0.29) is 11.3 Å². The van der Waals surface area contributed by atoms with Gasteiger partial charge < -0.3 is 9.42 Å². The molecule has 1 saturated heterocycles. The number of hydrogen-bond acceptors (Lipinski definition) is 6. The van der Waals surface area contributed by atoms with Crippen LogP contribution in [0.15, 0.2) is 100 Å². The molecule has 2 fully saturated rings. The summed E-state index contributed by atoms with van der Waals surface area (Å²) in [5.74, 6) is 2.18. The summed E-state index contributed by atoms with van der Waals surface area (Å²) in [6.07, 6.45) is 3.64. The van der Waals surface area contributed by atoms with Crippen LogP contribution in [0.4, 0.5) is 0 Å². The Bertz CT molecular complexity index is 1500. The number of likely N-dealkylation sites (tertiary alicyclic amines) is 1. The highest BCUT2D eigenvalue weighted by Gasteiger charge is 2.56. The van der Waals surface area contributed by atoms with Crippen molar-refractivity contribution in [2.45, 2.75) is 41.9 Å². The molecule has 8 heteroatoms. The van der Waals surface area contributed by atoms with Crippen molar-refractivity contribution in [1.82, 2.24) is 19.3 Å². The van der Waals surface area contributed by atoms with E-state index in [2.05, 4.69) is 46.5 Å². The van der Waals surface area contributed by atoms with Gasteiger partial charge in [-0.25, -0.2) is 12.7 Å². The molecule has 1 aliphatic carbocycles. The number of benzene rings is 3. The summed E-state index contributed by atoms with van der Waals surface area (Å²) in [7, 11) is -1.84. The lowest BCUT2D eigenvalue weighted by atomic mass is 9.92. The first-order chi connectivity index (χ1) is 19.4. The van der Waals surface area contributed by atoms with Crippen LogP contribution in [0.25, 0.3) is 0 Å². The Morgan fingerprint density at radius 1 is 0.925 bits per heavy atom. The van der Waals surface area contributed by atoms with Crippen LogP contribution in [0.2, 0.25) is 0 Å². The minimum atomic E-state index is -3.56. The van der Waals surface area contributed by atoms with Crippen LogP contribution >= 0.6 is 0 Å². The lowest BCUT2D eigenvalue weighted by Crippen LogP contribution is -2.39. The minimum absolute atomic E-state index is 0.173. The standard InChI is InChI=1S/C32H36N4O3S/c1-35(40(37,38)29-15-9-4-10-16-29)24-32(27-13-7-3-8-14-27)22-28(32)23-36-19-17-26(18-20-36)31-33-30(34-39-31)21-25-11-5-2-6-12-25/h2-16,26,28H,17-24H2,1H3/t28-,32+/m0/s1. The largest absolute Gasteiger partial charge is 0.339 e. The molecule has 7 nitrogen and oxygen atoms in total. The molecule has 0 N–H and O–H groups in total. The molecule has 1 aliphatic heterocycles. The molecule has 1 saturated carbocycles. The van der Waals surface area contributed by atoms with E-state index in [1.807, 2.05) is 30.3 Å². The molecule has 0 spiro atoms. The molecular weight excluding hydrogens is 520 g/mol. The second-order valence-electron chi connectivity index (χ2n) is 11.3. The predicted octanol–water partition coefficient (Wildman–Crippen LogP) is 5.12. The Hall–Kier alpha value is -3.33. The summed E-state index contributed by atoms with van der Waals surface area (Å²) in [6, 6.07) is 29.4. The van der Waals surface area contributed by atoms with Gasteiger partial charge in [-0.1, -0.05) is 84.0 Å². The lowest BCUT2D eigenvalue weighted by molar-refractivity contribution is 0.182. The Morgan fingerprint density at radius 3 is 2.23 bits per heavy atom. The zero-order chi connectivity index (χ0) is 27.6. The topological polar surface area (TPSA) is 79.5 Å². The van der Waals surface area contributed by atoms with Gasteiger partial charge in [-0.05, 0) is 61.5 Å². The van der Waals surface area contributed by atoms with Crippen molar-refractivity contribution in [3.05, 3.63) is 114 Å². The van der Waals surface area contributed by atoms with Crippen LogP contribution in [0.5, 0.6) is 0 Å². The van der Waals surface area contributed by atoms with E-state index >= 15 is 0 Å². The van der Waals surface area contributed by atoms with E-state index in [0.29, 0.717) is 23.8 Å². The fourth-order valence-electron chi connectivity index (χ4n) is 6.24. The SMILES string of the molecule is CN(C[C@@]1(c2ccccc2)C[C@H]1CN1CCC(c2nc(Cc3ccccc3)no2)CC1)S(=O)(=O)c1ccccc1. The van der Waals surface area contributed by atoms with Crippen LogP contribution in [-0.2, 0) is 21.9 Å². The third-order valence-corrected chi connectivity index (χ3v) is 10.5. The maximum atomic E-state index is 13.3. The van der Waals surface area contributed by atoms with Gasteiger partial charge >= 0.3 is 0 Å². The van der Waals surface area contributed by atoms with Crippen molar-refractivity contribution in [3.8, 4) is 0 Å². The van der Waals surface area contributed by atoms with Crippen LogP contribution in [-0.4, -0.2) is 61.0 Å². The van der Waals surface area contributed by atoms with Gasteiger partial charge in [0.1, 0.15) is 0 Å². The summed E-state index contributed by atoms with van der Waals surface area (Å²) >= 11 is 0. The van der Waals surface area contributed by atoms with Crippen molar-refractivity contribution in [3.63, 3.8) is 0 Å². The molecule has 2 heterocycles. The highest BCUT2D eigenvalue weighted by Crippen LogP contribution is 2.55. The van der Waals surface area contributed by atoms with E-state index in [0.717, 1.165) is 50.6 Å². The van der Waals surface area contributed by atoms with E-state index in [9.17, 15) is 8.42 Å². The zero-order valence-corrected chi connectivity index (χ0v) is 23.7. The molecule has 0 amide bonds. The normalized spacial score (nSPS) is 22.0. The third-order valence-electron chi connectivity index (χ3n) is 8.64. The monoisotopic (exact) mass is 556 g/mol. The molecule has 208 valence electrons. The third kappa shape index (κ3) is 5.61. The first kappa shape index (κ1) is 26.9. The zero-order valence-electron chi connectivity index (χ0n) is 22.9. The molecule has 2 atom stereocenters. The van der Waals surface area contributed by atoms with Gasteiger partial charge in [0.25, 0.3) is 0 Å². The molecule has 6 rings (SSSR count). The van der Waals surface area contributed by atoms with Crippen molar-refractivity contribution >= 4 is 10.0 Å². The van der Waals surface area contributed by atoms with Crippen molar-refractivity contribution in [1.29, 1.82) is 0 Å². The number of likely N-dealkylation sites (N-methyl/N-ethyl adjacent to an activating group) is 1. The Morgan fingerprint density at radius 2 is 1.55 bits per heavy atom. The summed E-state index contributed by atoms with van der Waals surface area (Å²) in [5.41, 5.74) is 2.23. The maximum absolute atomic E-state index is 13.3. The van der Waals surface area contributed by atoms with Gasteiger partial charge in [0.15, 0.2) is 5.82 Å². The molecular formula is C32H36N4O3S. The molecule has 1 aromatic heterocycles. The fourth-order valence-corrected chi connectivity index (χ4v) is 7.50. The van der Waals surface area contributed by atoms with Gasteiger partial charge in [0, 0.05) is 37.9 Å². The average molecular weight is 557 g/mol. The fraction of sp³-hybridized carbons (Fsp3) is 0.375. The number of sulfonamides is 1. The molecule has 4 aromatic rings. The van der Waals surface area contributed by atoms with Gasteiger partial charge in [-0.15, -0.1) is 0 Å².